The highest BCUT2D eigenvalue weighted by molar-refractivity contribution is 5.69. The number of hydrogen-bond acceptors (Lipinski definition) is 3. The fraction of sp³-hybridized carbons (Fsp3) is 0.947. The molecule has 22 heavy (non-hydrogen) atoms. The molecule has 1 saturated heterocycles. The molecule has 1 aliphatic heterocycles. The van der Waals surface area contributed by atoms with Crippen LogP contribution >= 0.6 is 0 Å². The number of ether oxygens (including phenoxy) is 2. The van der Waals surface area contributed by atoms with E-state index < -0.39 is 0 Å². The van der Waals surface area contributed by atoms with Gasteiger partial charge in [-0.05, 0) is 6.42 Å². The number of rotatable bonds is 15. The molecule has 1 rings (SSSR count). The summed E-state index contributed by atoms with van der Waals surface area (Å²) < 4.78 is 10.2. The maximum absolute atomic E-state index is 11.4. The standard InChI is InChI=1S/C19H36O3/c1-2-3-4-5-6-7-8-9-10-11-12-13-14-15-18(20)22-19-16-17-21-19/h19H,2-17H2,1H3. The van der Waals surface area contributed by atoms with Crippen molar-refractivity contribution in [3.05, 3.63) is 0 Å². The molecule has 0 aromatic heterocycles. The molecule has 3 nitrogen and oxygen atoms in total. The molecule has 0 radical (unpaired) electrons. The first-order chi connectivity index (χ1) is 10.8. The molecule has 0 spiro atoms. The minimum atomic E-state index is -0.241. The molecule has 0 bridgehead atoms. The molecule has 1 heterocycles. The quantitative estimate of drug-likeness (QED) is 0.285. The van der Waals surface area contributed by atoms with Crippen molar-refractivity contribution >= 4 is 5.97 Å². The summed E-state index contributed by atoms with van der Waals surface area (Å²) in [5.74, 6) is -0.0900. The van der Waals surface area contributed by atoms with Gasteiger partial charge in [-0.25, -0.2) is 0 Å². The van der Waals surface area contributed by atoms with E-state index in [0.29, 0.717) is 6.42 Å². The van der Waals surface area contributed by atoms with E-state index in [1.807, 2.05) is 0 Å². The summed E-state index contributed by atoms with van der Waals surface area (Å²) >= 11 is 0. The molecule has 0 aromatic carbocycles. The van der Waals surface area contributed by atoms with Crippen LogP contribution < -0.4 is 0 Å². The predicted octanol–water partition coefficient (Wildman–Crippen LogP) is 5.76. The van der Waals surface area contributed by atoms with Crippen LogP contribution in [0.15, 0.2) is 0 Å². The molecule has 0 N–H and O–H groups in total. The van der Waals surface area contributed by atoms with Crippen LogP contribution in [0.2, 0.25) is 0 Å². The lowest BCUT2D eigenvalue weighted by molar-refractivity contribution is -0.216. The largest absolute Gasteiger partial charge is 0.436 e. The Morgan fingerprint density at radius 3 is 1.73 bits per heavy atom. The Kier molecular flexibility index (Phi) is 12.4. The predicted molar refractivity (Wildman–Crippen MR) is 90.8 cm³/mol. The molecular weight excluding hydrogens is 276 g/mol. The van der Waals surface area contributed by atoms with Gasteiger partial charge in [0.15, 0.2) is 0 Å². The van der Waals surface area contributed by atoms with E-state index in [1.54, 1.807) is 0 Å². The van der Waals surface area contributed by atoms with E-state index >= 15 is 0 Å². The van der Waals surface area contributed by atoms with Crippen molar-refractivity contribution in [2.24, 2.45) is 0 Å². The van der Waals surface area contributed by atoms with Gasteiger partial charge >= 0.3 is 5.97 Å². The summed E-state index contributed by atoms with van der Waals surface area (Å²) in [6, 6.07) is 0. The topological polar surface area (TPSA) is 35.5 Å². The van der Waals surface area contributed by atoms with Gasteiger partial charge < -0.3 is 9.47 Å². The van der Waals surface area contributed by atoms with Crippen LogP contribution in [0.4, 0.5) is 0 Å². The SMILES string of the molecule is CCCCCCCCCCCCCCCC(=O)OC1CCO1. The number of unbranched alkanes of at least 4 members (excludes halogenated alkanes) is 12. The summed E-state index contributed by atoms with van der Waals surface area (Å²) in [5.41, 5.74) is 0. The molecule has 0 saturated carbocycles. The maximum atomic E-state index is 11.4. The van der Waals surface area contributed by atoms with Crippen LogP contribution in [0.5, 0.6) is 0 Å². The summed E-state index contributed by atoms with van der Waals surface area (Å²) in [4.78, 5) is 11.4. The van der Waals surface area contributed by atoms with Crippen LogP contribution in [0.25, 0.3) is 0 Å². The lowest BCUT2D eigenvalue weighted by Crippen LogP contribution is -2.31. The van der Waals surface area contributed by atoms with Gasteiger partial charge in [0.25, 0.3) is 0 Å². The second-order valence-electron chi connectivity index (χ2n) is 6.57. The highest BCUT2D eigenvalue weighted by atomic mass is 16.7. The minimum Gasteiger partial charge on any atom is -0.436 e. The zero-order chi connectivity index (χ0) is 15.9. The number of carbonyl (C=O) groups is 1. The van der Waals surface area contributed by atoms with Crippen molar-refractivity contribution < 1.29 is 14.3 Å². The molecule has 1 aliphatic rings. The summed E-state index contributed by atoms with van der Waals surface area (Å²) in [7, 11) is 0. The van der Waals surface area contributed by atoms with Crippen molar-refractivity contribution in [2.75, 3.05) is 6.61 Å². The van der Waals surface area contributed by atoms with Crippen molar-refractivity contribution in [1.82, 2.24) is 0 Å². The van der Waals surface area contributed by atoms with Crippen molar-refractivity contribution in [1.29, 1.82) is 0 Å². The Balaban J connectivity index is 1.70. The molecule has 1 atom stereocenters. The lowest BCUT2D eigenvalue weighted by atomic mass is 10.0. The molecule has 130 valence electrons. The molecule has 3 heteroatoms. The monoisotopic (exact) mass is 312 g/mol. The lowest BCUT2D eigenvalue weighted by Gasteiger charge is -2.25. The molecule has 1 fully saturated rings. The first-order valence-electron chi connectivity index (χ1n) is 9.64. The fourth-order valence-electron chi connectivity index (χ4n) is 2.80. The van der Waals surface area contributed by atoms with E-state index in [4.69, 9.17) is 9.47 Å². The zero-order valence-corrected chi connectivity index (χ0v) is 14.6. The van der Waals surface area contributed by atoms with Crippen molar-refractivity contribution in [2.45, 2.75) is 110 Å². The molecule has 0 amide bonds. The third-order valence-corrected chi connectivity index (χ3v) is 4.40. The average molecular weight is 312 g/mol. The molecule has 0 aromatic rings. The fourth-order valence-corrected chi connectivity index (χ4v) is 2.80. The normalized spacial score (nSPS) is 17.2. The van der Waals surface area contributed by atoms with E-state index in [9.17, 15) is 4.79 Å². The first-order valence-corrected chi connectivity index (χ1v) is 9.64. The number of carbonyl (C=O) groups excluding carboxylic acids is 1. The highest BCUT2D eigenvalue weighted by Gasteiger charge is 2.21. The Hall–Kier alpha value is -0.570. The number of hydrogen-bond donors (Lipinski definition) is 0. The van der Waals surface area contributed by atoms with Crippen LogP contribution in [-0.4, -0.2) is 18.9 Å². The first kappa shape index (κ1) is 19.5. The number of esters is 1. The zero-order valence-electron chi connectivity index (χ0n) is 14.6. The van der Waals surface area contributed by atoms with Gasteiger partial charge in [-0.1, -0.05) is 84.0 Å². The summed E-state index contributed by atoms with van der Waals surface area (Å²) in [6.07, 6.45) is 18.4. The Labute approximate surface area is 137 Å². The van der Waals surface area contributed by atoms with Crippen molar-refractivity contribution in [3.8, 4) is 0 Å². The van der Waals surface area contributed by atoms with Gasteiger partial charge in [0.1, 0.15) is 0 Å². The third kappa shape index (κ3) is 11.1. The Bertz CT molecular complexity index is 261. The van der Waals surface area contributed by atoms with Crippen molar-refractivity contribution in [3.63, 3.8) is 0 Å². The van der Waals surface area contributed by atoms with Gasteiger partial charge in [-0.3, -0.25) is 4.79 Å². The smallest absolute Gasteiger partial charge is 0.308 e. The van der Waals surface area contributed by atoms with E-state index in [2.05, 4.69) is 6.92 Å². The Morgan fingerprint density at radius 2 is 1.32 bits per heavy atom. The summed E-state index contributed by atoms with van der Waals surface area (Å²) in [6.45, 7) is 3.00. The van der Waals surface area contributed by atoms with Crippen LogP contribution in [-0.2, 0) is 14.3 Å². The average Bonchev–Trinajstić information content (AvgIpc) is 2.48. The van der Waals surface area contributed by atoms with Crippen LogP contribution in [0.1, 0.15) is 103 Å². The van der Waals surface area contributed by atoms with E-state index in [-0.39, 0.29) is 12.3 Å². The van der Waals surface area contributed by atoms with Crippen LogP contribution in [0.3, 0.4) is 0 Å². The van der Waals surface area contributed by atoms with E-state index in [0.717, 1.165) is 25.9 Å². The van der Waals surface area contributed by atoms with E-state index in [1.165, 1.54) is 70.6 Å². The minimum absolute atomic E-state index is 0.0900. The van der Waals surface area contributed by atoms with Gasteiger partial charge in [0.2, 0.25) is 6.29 Å². The molecular formula is C19H36O3. The van der Waals surface area contributed by atoms with Gasteiger partial charge in [-0.15, -0.1) is 0 Å². The van der Waals surface area contributed by atoms with Crippen LogP contribution in [0, 0.1) is 0 Å². The van der Waals surface area contributed by atoms with Gasteiger partial charge in [0, 0.05) is 12.8 Å². The summed E-state index contributed by atoms with van der Waals surface area (Å²) in [5, 5.41) is 0. The van der Waals surface area contributed by atoms with Gasteiger partial charge in [0.05, 0.1) is 6.61 Å². The molecule has 1 unspecified atom stereocenters. The third-order valence-electron chi connectivity index (χ3n) is 4.40. The second-order valence-corrected chi connectivity index (χ2v) is 6.57. The molecule has 0 aliphatic carbocycles. The van der Waals surface area contributed by atoms with Gasteiger partial charge in [-0.2, -0.15) is 0 Å². The maximum Gasteiger partial charge on any atom is 0.308 e. The highest BCUT2D eigenvalue weighted by Crippen LogP contribution is 2.15. The second kappa shape index (κ2) is 14.0. The Morgan fingerprint density at radius 1 is 0.864 bits per heavy atom.